The molecule has 2 fully saturated rings. The van der Waals surface area contributed by atoms with Gasteiger partial charge in [-0.15, -0.1) is 0 Å². The van der Waals surface area contributed by atoms with Crippen molar-refractivity contribution >= 4 is 0 Å². The molecule has 2 heteroatoms. The van der Waals surface area contributed by atoms with Gasteiger partial charge in [-0.25, -0.2) is 0 Å². The summed E-state index contributed by atoms with van der Waals surface area (Å²) < 4.78 is 0. The van der Waals surface area contributed by atoms with Gasteiger partial charge in [-0.3, -0.25) is 0 Å². The van der Waals surface area contributed by atoms with Gasteiger partial charge in [-0.2, -0.15) is 0 Å². The van der Waals surface area contributed by atoms with Crippen LogP contribution in [0.15, 0.2) is 30.3 Å². The van der Waals surface area contributed by atoms with Gasteiger partial charge < -0.3 is 10.2 Å². The number of likely N-dealkylation sites (tertiary alicyclic amines) is 1. The van der Waals surface area contributed by atoms with Crippen molar-refractivity contribution in [3.8, 4) is 0 Å². The maximum absolute atomic E-state index is 3.46. The van der Waals surface area contributed by atoms with Gasteiger partial charge in [0.2, 0.25) is 0 Å². The van der Waals surface area contributed by atoms with Crippen molar-refractivity contribution in [1.29, 1.82) is 0 Å². The summed E-state index contributed by atoms with van der Waals surface area (Å²) in [5.41, 5.74) is 1.89. The predicted molar refractivity (Wildman–Crippen MR) is 80.4 cm³/mol. The Kier molecular flexibility index (Phi) is 3.90. The summed E-state index contributed by atoms with van der Waals surface area (Å²) in [6.07, 6.45) is 4.03. The molecule has 0 amide bonds. The molecule has 1 atom stereocenters. The fourth-order valence-electron chi connectivity index (χ4n) is 3.72. The summed E-state index contributed by atoms with van der Waals surface area (Å²) in [6, 6.07) is 11.1. The van der Waals surface area contributed by atoms with Crippen LogP contribution in [0.3, 0.4) is 0 Å². The van der Waals surface area contributed by atoms with Crippen molar-refractivity contribution in [2.24, 2.45) is 5.92 Å². The van der Waals surface area contributed by atoms with Gasteiger partial charge in [-0.1, -0.05) is 37.3 Å². The number of hydrogen-bond donors (Lipinski definition) is 1. The molecular weight excluding hydrogens is 232 g/mol. The van der Waals surface area contributed by atoms with Gasteiger partial charge >= 0.3 is 0 Å². The highest BCUT2D eigenvalue weighted by molar-refractivity contribution is 5.26. The summed E-state index contributed by atoms with van der Waals surface area (Å²) in [7, 11) is 0. The van der Waals surface area contributed by atoms with Gasteiger partial charge in [0.05, 0.1) is 0 Å². The number of benzene rings is 1. The number of hydrogen-bond acceptors (Lipinski definition) is 2. The zero-order valence-corrected chi connectivity index (χ0v) is 12.1. The average Bonchev–Trinajstić information content (AvgIpc) is 2.84. The Balaban J connectivity index is 1.60. The number of nitrogens with one attached hydrogen (secondary N) is 1. The molecule has 104 valence electrons. The Bertz CT molecular complexity index is 397. The molecule has 0 bridgehead atoms. The molecule has 2 aliphatic heterocycles. The molecule has 0 saturated carbocycles. The van der Waals surface area contributed by atoms with Gasteiger partial charge in [0, 0.05) is 18.5 Å². The first kappa shape index (κ1) is 13.1. The monoisotopic (exact) mass is 258 g/mol. The molecule has 2 heterocycles. The molecule has 2 saturated heterocycles. The van der Waals surface area contributed by atoms with Crippen LogP contribution in [-0.4, -0.2) is 37.6 Å². The Morgan fingerprint density at radius 2 is 1.95 bits per heavy atom. The van der Waals surface area contributed by atoms with Crippen molar-refractivity contribution < 1.29 is 0 Å². The van der Waals surface area contributed by atoms with Gasteiger partial charge in [-0.05, 0) is 50.4 Å². The van der Waals surface area contributed by atoms with Crippen molar-refractivity contribution in [2.45, 2.75) is 31.6 Å². The van der Waals surface area contributed by atoms with Crippen molar-refractivity contribution in [1.82, 2.24) is 10.2 Å². The smallest absolute Gasteiger partial charge is 0.00766 e. The minimum absolute atomic E-state index is 0.369. The lowest BCUT2D eigenvalue weighted by molar-refractivity contribution is 0.231. The molecular formula is C17H26N2. The molecule has 0 spiro atoms. The fraction of sp³-hybridized carbons (Fsp3) is 0.647. The van der Waals surface area contributed by atoms with Crippen LogP contribution in [0.25, 0.3) is 0 Å². The topological polar surface area (TPSA) is 15.3 Å². The van der Waals surface area contributed by atoms with E-state index >= 15 is 0 Å². The Morgan fingerprint density at radius 3 is 2.68 bits per heavy atom. The minimum Gasteiger partial charge on any atom is -0.317 e. The quantitative estimate of drug-likeness (QED) is 0.896. The Morgan fingerprint density at radius 1 is 1.21 bits per heavy atom. The second kappa shape index (κ2) is 5.64. The highest BCUT2D eigenvalue weighted by atomic mass is 15.2. The minimum atomic E-state index is 0.369. The fourth-order valence-corrected chi connectivity index (χ4v) is 3.72. The SMILES string of the molecule is CC1(c2ccccc2)CCN(CC2CCNCC2)C1. The van der Waals surface area contributed by atoms with E-state index in [9.17, 15) is 0 Å². The van der Waals surface area contributed by atoms with E-state index < -0.39 is 0 Å². The molecule has 0 radical (unpaired) electrons. The molecule has 19 heavy (non-hydrogen) atoms. The summed E-state index contributed by atoms with van der Waals surface area (Å²) >= 11 is 0. The lowest BCUT2D eigenvalue weighted by Gasteiger charge is -2.29. The molecule has 1 aromatic rings. The number of nitrogens with zero attached hydrogens (tertiary/aromatic N) is 1. The summed E-state index contributed by atoms with van der Waals surface area (Å²) in [4.78, 5) is 2.70. The van der Waals surface area contributed by atoms with Crippen LogP contribution in [0.1, 0.15) is 31.7 Å². The largest absolute Gasteiger partial charge is 0.317 e. The standard InChI is InChI=1S/C17H26N2/c1-17(16-5-3-2-4-6-16)9-12-19(14-17)13-15-7-10-18-11-8-15/h2-6,15,18H,7-14H2,1H3. The van der Waals surface area contributed by atoms with Crippen LogP contribution in [0.4, 0.5) is 0 Å². The van der Waals surface area contributed by atoms with Crippen molar-refractivity contribution in [3.63, 3.8) is 0 Å². The third kappa shape index (κ3) is 3.01. The van der Waals surface area contributed by atoms with Gasteiger partial charge in [0.15, 0.2) is 0 Å². The predicted octanol–water partition coefficient (Wildman–Crippen LogP) is 2.65. The van der Waals surface area contributed by atoms with Crippen LogP contribution in [0, 0.1) is 5.92 Å². The third-order valence-corrected chi connectivity index (χ3v) is 5.00. The lowest BCUT2D eigenvalue weighted by atomic mass is 9.82. The van der Waals surface area contributed by atoms with E-state index in [0.29, 0.717) is 5.41 Å². The van der Waals surface area contributed by atoms with Crippen LogP contribution in [-0.2, 0) is 5.41 Å². The summed E-state index contributed by atoms with van der Waals surface area (Å²) in [5, 5.41) is 3.46. The Labute approximate surface area is 117 Å². The van der Waals surface area contributed by atoms with Crippen molar-refractivity contribution in [2.75, 3.05) is 32.7 Å². The van der Waals surface area contributed by atoms with Gasteiger partial charge in [0.1, 0.15) is 0 Å². The van der Waals surface area contributed by atoms with E-state index in [1.54, 1.807) is 0 Å². The average molecular weight is 258 g/mol. The molecule has 0 aromatic heterocycles. The van der Waals surface area contributed by atoms with E-state index in [1.165, 1.54) is 57.5 Å². The summed E-state index contributed by atoms with van der Waals surface area (Å²) in [5.74, 6) is 0.916. The van der Waals surface area contributed by atoms with Crippen LogP contribution >= 0.6 is 0 Å². The first-order valence-corrected chi connectivity index (χ1v) is 7.75. The molecule has 2 aliphatic rings. The first-order chi connectivity index (χ1) is 9.26. The maximum atomic E-state index is 3.46. The zero-order chi connectivity index (χ0) is 13.1. The second-order valence-electron chi connectivity index (χ2n) is 6.61. The zero-order valence-electron chi connectivity index (χ0n) is 12.1. The van der Waals surface area contributed by atoms with Crippen LogP contribution in [0.5, 0.6) is 0 Å². The first-order valence-electron chi connectivity index (χ1n) is 7.75. The van der Waals surface area contributed by atoms with E-state index in [1.807, 2.05) is 0 Å². The van der Waals surface area contributed by atoms with Crippen molar-refractivity contribution in [3.05, 3.63) is 35.9 Å². The molecule has 2 nitrogen and oxygen atoms in total. The highest BCUT2D eigenvalue weighted by Gasteiger charge is 2.35. The maximum Gasteiger partial charge on any atom is 0.00766 e. The number of piperidine rings is 1. The van der Waals surface area contributed by atoms with Gasteiger partial charge in [0.25, 0.3) is 0 Å². The lowest BCUT2D eigenvalue weighted by Crippen LogP contribution is -2.36. The van der Waals surface area contributed by atoms with Crippen LogP contribution < -0.4 is 5.32 Å². The van der Waals surface area contributed by atoms with Crippen LogP contribution in [0.2, 0.25) is 0 Å². The molecule has 0 aliphatic carbocycles. The molecule has 1 unspecified atom stereocenters. The molecule has 3 rings (SSSR count). The molecule has 1 aromatic carbocycles. The van der Waals surface area contributed by atoms with E-state index in [0.717, 1.165) is 5.92 Å². The van der Waals surface area contributed by atoms with E-state index in [-0.39, 0.29) is 0 Å². The highest BCUT2D eigenvalue weighted by Crippen LogP contribution is 2.34. The van der Waals surface area contributed by atoms with E-state index in [4.69, 9.17) is 0 Å². The number of rotatable bonds is 3. The normalized spacial score (nSPS) is 29.7. The third-order valence-electron chi connectivity index (χ3n) is 5.00. The van der Waals surface area contributed by atoms with E-state index in [2.05, 4.69) is 47.5 Å². The Hall–Kier alpha value is -0.860. The second-order valence-corrected chi connectivity index (χ2v) is 6.61. The molecule has 1 N–H and O–H groups in total. The summed E-state index contributed by atoms with van der Waals surface area (Å²) in [6.45, 7) is 8.69.